The smallest absolute Gasteiger partial charge is 0.00761 e. The first-order chi connectivity index (χ1) is 5.33. The highest BCUT2D eigenvalue weighted by Gasteiger charge is 1.97. The number of hydrogen-bond donors (Lipinski definition) is 1. The number of nitrogens with one attached hydrogen (secondary N) is 1. The van der Waals surface area contributed by atoms with Gasteiger partial charge in [-0.05, 0) is 26.0 Å². The highest BCUT2D eigenvalue weighted by atomic mass is 16.0. The molecule has 1 rings (SSSR count). The molecular weight excluding hydrogens is 150 g/mol. The van der Waals surface area contributed by atoms with Crippen molar-refractivity contribution in [2.75, 3.05) is 7.05 Å². The minimum Gasteiger partial charge on any atom is -0.412 e. The molecule has 0 aliphatic heterocycles. The molecule has 0 heterocycles. The SMILES string of the molecule is CNC(C)Cc1ccccc1.O. The Bertz CT molecular complexity index is 198. The molecule has 0 bridgehead atoms. The normalized spacial score (nSPS) is 11.8. The molecule has 0 aromatic heterocycles. The van der Waals surface area contributed by atoms with Gasteiger partial charge in [-0.3, -0.25) is 0 Å². The van der Waals surface area contributed by atoms with Crippen LogP contribution in [0.4, 0.5) is 0 Å². The molecule has 12 heavy (non-hydrogen) atoms. The summed E-state index contributed by atoms with van der Waals surface area (Å²) in [6.07, 6.45) is 1.11. The lowest BCUT2D eigenvalue weighted by Gasteiger charge is -2.08. The first kappa shape index (κ1) is 11.1. The molecule has 2 heteroatoms. The fourth-order valence-electron chi connectivity index (χ4n) is 1.07. The van der Waals surface area contributed by atoms with Gasteiger partial charge >= 0.3 is 0 Å². The van der Waals surface area contributed by atoms with E-state index in [-0.39, 0.29) is 5.48 Å². The van der Waals surface area contributed by atoms with Crippen LogP contribution in [0.25, 0.3) is 0 Å². The summed E-state index contributed by atoms with van der Waals surface area (Å²) in [6, 6.07) is 11.1. The van der Waals surface area contributed by atoms with E-state index in [0.29, 0.717) is 6.04 Å². The maximum atomic E-state index is 3.21. The molecule has 1 unspecified atom stereocenters. The van der Waals surface area contributed by atoms with Crippen LogP contribution in [-0.4, -0.2) is 18.6 Å². The maximum absolute atomic E-state index is 3.21. The molecule has 3 N–H and O–H groups in total. The summed E-state index contributed by atoms with van der Waals surface area (Å²) in [5.41, 5.74) is 1.40. The van der Waals surface area contributed by atoms with Crippen LogP contribution in [0, 0.1) is 0 Å². The van der Waals surface area contributed by atoms with Crippen LogP contribution in [0.3, 0.4) is 0 Å². The predicted molar refractivity (Wildman–Crippen MR) is 52.3 cm³/mol. The quantitative estimate of drug-likeness (QED) is 0.717. The lowest BCUT2D eigenvalue weighted by atomic mass is 10.1. The van der Waals surface area contributed by atoms with Gasteiger partial charge in [-0.15, -0.1) is 0 Å². The summed E-state index contributed by atoms with van der Waals surface area (Å²) in [5, 5.41) is 3.21. The van der Waals surface area contributed by atoms with Gasteiger partial charge in [0, 0.05) is 6.04 Å². The summed E-state index contributed by atoms with van der Waals surface area (Å²) in [5.74, 6) is 0. The van der Waals surface area contributed by atoms with Crippen molar-refractivity contribution in [3.8, 4) is 0 Å². The molecule has 0 saturated heterocycles. The zero-order valence-electron chi connectivity index (χ0n) is 7.67. The van der Waals surface area contributed by atoms with Gasteiger partial charge in [0.15, 0.2) is 0 Å². The van der Waals surface area contributed by atoms with Crippen molar-refractivity contribution in [1.82, 2.24) is 5.32 Å². The van der Waals surface area contributed by atoms with Gasteiger partial charge in [0.25, 0.3) is 0 Å². The Labute approximate surface area is 73.9 Å². The molecule has 1 aromatic rings. The largest absolute Gasteiger partial charge is 0.412 e. The molecule has 0 fully saturated rings. The minimum atomic E-state index is 0. The van der Waals surface area contributed by atoms with Crippen molar-refractivity contribution in [1.29, 1.82) is 0 Å². The summed E-state index contributed by atoms with van der Waals surface area (Å²) < 4.78 is 0. The van der Waals surface area contributed by atoms with Crippen LogP contribution in [0.1, 0.15) is 12.5 Å². The third-order valence-electron chi connectivity index (χ3n) is 1.88. The van der Waals surface area contributed by atoms with Crippen LogP contribution >= 0.6 is 0 Å². The Morgan fingerprint density at radius 3 is 2.33 bits per heavy atom. The van der Waals surface area contributed by atoms with E-state index < -0.39 is 0 Å². The van der Waals surface area contributed by atoms with Gasteiger partial charge in [-0.25, -0.2) is 0 Å². The molecule has 0 radical (unpaired) electrons. The van der Waals surface area contributed by atoms with E-state index in [9.17, 15) is 0 Å². The van der Waals surface area contributed by atoms with Gasteiger partial charge in [-0.2, -0.15) is 0 Å². The summed E-state index contributed by atoms with van der Waals surface area (Å²) in [6.45, 7) is 2.19. The van der Waals surface area contributed by atoms with Crippen molar-refractivity contribution in [3.63, 3.8) is 0 Å². The zero-order valence-corrected chi connectivity index (χ0v) is 7.67. The van der Waals surface area contributed by atoms with Crippen LogP contribution < -0.4 is 5.32 Å². The highest BCUT2D eigenvalue weighted by Crippen LogP contribution is 2.01. The van der Waals surface area contributed by atoms with Crippen molar-refractivity contribution in [3.05, 3.63) is 35.9 Å². The molecule has 1 aromatic carbocycles. The Morgan fingerprint density at radius 1 is 1.25 bits per heavy atom. The Balaban J connectivity index is 0.00000121. The number of hydrogen-bond acceptors (Lipinski definition) is 1. The number of benzene rings is 1. The molecule has 1 atom stereocenters. The monoisotopic (exact) mass is 167 g/mol. The molecule has 2 nitrogen and oxygen atoms in total. The van der Waals surface area contributed by atoms with E-state index in [1.54, 1.807) is 0 Å². The molecule has 0 amide bonds. The second-order valence-corrected chi connectivity index (χ2v) is 2.88. The van der Waals surface area contributed by atoms with E-state index in [2.05, 4.69) is 36.5 Å². The van der Waals surface area contributed by atoms with Crippen molar-refractivity contribution < 1.29 is 5.48 Å². The van der Waals surface area contributed by atoms with E-state index in [0.717, 1.165) is 6.42 Å². The zero-order chi connectivity index (χ0) is 8.10. The molecule has 0 spiro atoms. The summed E-state index contributed by atoms with van der Waals surface area (Å²) >= 11 is 0. The lowest BCUT2D eigenvalue weighted by Crippen LogP contribution is -2.23. The third kappa shape index (κ3) is 3.51. The van der Waals surface area contributed by atoms with E-state index in [1.165, 1.54) is 5.56 Å². The average molecular weight is 167 g/mol. The van der Waals surface area contributed by atoms with Crippen molar-refractivity contribution in [2.45, 2.75) is 19.4 Å². The van der Waals surface area contributed by atoms with E-state index in [4.69, 9.17) is 0 Å². The molecule has 0 saturated carbocycles. The van der Waals surface area contributed by atoms with Crippen molar-refractivity contribution in [2.24, 2.45) is 0 Å². The van der Waals surface area contributed by atoms with Crippen molar-refractivity contribution >= 4 is 0 Å². The van der Waals surface area contributed by atoms with Crippen LogP contribution in [0.2, 0.25) is 0 Å². The minimum absolute atomic E-state index is 0. The number of likely N-dealkylation sites (N-methyl/N-ethyl adjacent to an activating group) is 1. The first-order valence-electron chi connectivity index (χ1n) is 4.04. The Hall–Kier alpha value is -0.860. The van der Waals surface area contributed by atoms with Gasteiger partial charge < -0.3 is 10.8 Å². The molecule has 0 aliphatic rings. The fraction of sp³-hybridized carbons (Fsp3) is 0.400. The second kappa shape index (κ2) is 5.75. The third-order valence-corrected chi connectivity index (χ3v) is 1.88. The summed E-state index contributed by atoms with van der Waals surface area (Å²) in [4.78, 5) is 0. The Morgan fingerprint density at radius 2 is 1.83 bits per heavy atom. The van der Waals surface area contributed by atoms with Gasteiger partial charge in [-0.1, -0.05) is 30.3 Å². The lowest BCUT2D eigenvalue weighted by molar-refractivity contribution is 0.608. The van der Waals surface area contributed by atoms with E-state index >= 15 is 0 Å². The number of rotatable bonds is 3. The maximum Gasteiger partial charge on any atom is 0.00761 e. The topological polar surface area (TPSA) is 43.5 Å². The second-order valence-electron chi connectivity index (χ2n) is 2.88. The standard InChI is InChI=1S/C10H15N.H2O/c1-9(11-2)8-10-6-4-3-5-7-10;/h3-7,9,11H,8H2,1-2H3;1H2. The molecular formula is C10H17NO. The fourth-order valence-corrected chi connectivity index (χ4v) is 1.07. The average Bonchev–Trinajstić information content (AvgIpc) is 2.06. The summed E-state index contributed by atoms with van der Waals surface area (Å²) in [7, 11) is 1.99. The van der Waals surface area contributed by atoms with Crippen LogP contribution in [0.5, 0.6) is 0 Å². The van der Waals surface area contributed by atoms with Gasteiger partial charge in [0.1, 0.15) is 0 Å². The Kier molecular flexibility index (Phi) is 5.34. The predicted octanol–water partition coefficient (Wildman–Crippen LogP) is 1.01. The van der Waals surface area contributed by atoms with Gasteiger partial charge in [0.2, 0.25) is 0 Å². The highest BCUT2D eigenvalue weighted by molar-refractivity contribution is 5.15. The van der Waals surface area contributed by atoms with Crippen LogP contribution in [0.15, 0.2) is 30.3 Å². The molecule has 0 aliphatic carbocycles. The molecule has 68 valence electrons. The van der Waals surface area contributed by atoms with Gasteiger partial charge in [0.05, 0.1) is 0 Å². The first-order valence-corrected chi connectivity index (χ1v) is 4.04. The van der Waals surface area contributed by atoms with Crippen LogP contribution in [-0.2, 0) is 6.42 Å². The van der Waals surface area contributed by atoms with E-state index in [1.807, 2.05) is 13.1 Å².